The summed E-state index contributed by atoms with van der Waals surface area (Å²) in [7, 11) is 4.53. The van der Waals surface area contributed by atoms with E-state index in [0.29, 0.717) is 44.7 Å². The Morgan fingerprint density at radius 1 is 0.941 bits per heavy atom. The Morgan fingerprint density at radius 3 is 2.24 bits per heavy atom. The highest BCUT2D eigenvalue weighted by molar-refractivity contribution is 7.99. The molecule has 0 atom stereocenters. The number of aromatic nitrogens is 2. The molecule has 0 aliphatic heterocycles. The van der Waals surface area contributed by atoms with Crippen molar-refractivity contribution in [3.8, 4) is 22.9 Å². The molecular formula is C25H23N3O5S. The maximum Gasteiger partial charge on any atom is 0.266 e. The fourth-order valence-corrected chi connectivity index (χ4v) is 4.31. The zero-order valence-electron chi connectivity index (χ0n) is 18.9. The molecule has 4 rings (SSSR count). The number of carbonyl (C=O) groups is 1. The minimum Gasteiger partial charge on any atom is -0.493 e. The molecule has 0 bridgehead atoms. The first-order valence-corrected chi connectivity index (χ1v) is 11.3. The van der Waals surface area contributed by atoms with Crippen molar-refractivity contribution < 1.29 is 19.0 Å². The maximum absolute atomic E-state index is 13.3. The lowest BCUT2D eigenvalue weighted by atomic mass is 10.2. The van der Waals surface area contributed by atoms with Gasteiger partial charge in [-0.05, 0) is 24.3 Å². The lowest BCUT2D eigenvalue weighted by Crippen LogP contribution is -2.22. The van der Waals surface area contributed by atoms with Crippen molar-refractivity contribution in [2.75, 3.05) is 32.4 Å². The third kappa shape index (κ3) is 4.69. The van der Waals surface area contributed by atoms with Crippen LogP contribution in [0, 0.1) is 0 Å². The van der Waals surface area contributed by atoms with E-state index in [1.807, 2.05) is 36.4 Å². The SMILES string of the molecule is COc1cc(NC(=O)CSc2nc3ccccc3c(=O)n2-c2ccccc2)cc(OC)c1OC. The molecule has 4 aromatic rings. The molecule has 1 amide bonds. The number of rotatable bonds is 8. The molecule has 8 nitrogen and oxygen atoms in total. The molecule has 0 unspecified atom stereocenters. The predicted octanol–water partition coefficient (Wildman–Crippen LogP) is 4.14. The standard InChI is InChI=1S/C25H23N3O5S/c1-31-20-13-16(14-21(32-2)23(20)33-3)26-22(29)15-34-25-27-19-12-8-7-11-18(19)24(30)28(25)17-9-5-4-6-10-17/h4-14H,15H2,1-3H3,(H,26,29). The summed E-state index contributed by atoms with van der Waals surface area (Å²) in [5.74, 6) is 1.05. The number of methoxy groups -OCH3 is 3. The fourth-order valence-electron chi connectivity index (χ4n) is 3.49. The van der Waals surface area contributed by atoms with E-state index in [-0.39, 0.29) is 17.2 Å². The number of anilines is 1. The Morgan fingerprint density at radius 2 is 1.59 bits per heavy atom. The van der Waals surface area contributed by atoms with Crippen molar-refractivity contribution in [1.82, 2.24) is 9.55 Å². The summed E-state index contributed by atoms with van der Waals surface area (Å²) in [6, 6.07) is 19.7. The number of para-hydroxylation sites is 2. The van der Waals surface area contributed by atoms with Crippen LogP contribution in [0.25, 0.3) is 16.6 Å². The van der Waals surface area contributed by atoms with E-state index >= 15 is 0 Å². The highest BCUT2D eigenvalue weighted by atomic mass is 32.2. The Kier molecular flexibility index (Phi) is 7.03. The zero-order valence-corrected chi connectivity index (χ0v) is 19.7. The van der Waals surface area contributed by atoms with E-state index in [1.165, 1.54) is 37.7 Å². The Hall–Kier alpha value is -3.98. The molecule has 1 N–H and O–H groups in total. The lowest BCUT2D eigenvalue weighted by Gasteiger charge is -2.15. The monoisotopic (exact) mass is 477 g/mol. The number of hydrogen-bond acceptors (Lipinski definition) is 7. The zero-order chi connectivity index (χ0) is 24.1. The summed E-state index contributed by atoms with van der Waals surface area (Å²) < 4.78 is 17.5. The van der Waals surface area contributed by atoms with Gasteiger partial charge in [0.1, 0.15) is 0 Å². The number of hydrogen-bond donors (Lipinski definition) is 1. The van der Waals surface area contributed by atoms with Gasteiger partial charge in [-0.3, -0.25) is 14.2 Å². The van der Waals surface area contributed by atoms with Crippen LogP contribution in [0.1, 0.15) is 0 Å². The van der Waals surface area contributed by atoms with E-state index in [0.717, 1.165) is 0 Å². The van der Waals surface area contributed by atoms with Gasteiger partial charge in [-0.2, -0.15) is 0 Å². The average molecular weight is 478 g/mol. The minimum atomic E-state index is -0.277. The van der Waals surface area contributed by atoms with Crippen LogP contribution in [0.5, 0.6) is 17.2 Å². The summed E-state index contributed by atoms with van der Waals surface area (Å²) in [5, 5.41) is 3.77. The van der Waals surface area contributed by atoms with E-state index in [2.05, 4.69) is 10.3 Å². The number of amides is 1. The van der Waals surface area contributed by atoms with Crippen molar-refractivity contribution in [2.24, 2.45) is 0 Å². The third-order valence-electron chi connectivity index (χ3n) is 5.04. The van der Waals surface area contributed by atoms with Crippen molar-refractivity contribution >= 4 is 34.3 Å². The normalized spacial score (nSPS) is 10.7. The smallest absolute Gasteiger partial charge is 0.266 e. The Balaban J connectivity index is 1.62. The first kappa shape index (κ1) is 23.2. The molecular weight excluding hydrogens is 454 g/mol. The number of nitrogens with one attached hydrogen (secondary N) is 1. The second-order valence-corrected chi connectivity index (χ2v) is 8.08. The van der Waals surface area contributed by atoms with Gasteiger partial charge >= 0.3 is 0 Å². The number of carbonyl (C=O) groups excluding carboxylic acids is 1. The summed E-state index contributed by atoms with van der Waals surface area (Å²) in [4.78, 5) is 30.7. The van der Waals surface area contributed by atoms with Crippen LogP contribution in [0.15, 0.2) is 76.7 Å². The van der Waals surface area contributed by atoms with E-state index in [4.69, 9.17) is 14.2 Å². The van der Waals surface area contributed by atoms with Crippen molar-refractivity contribution in [3.63, 3.8) is 0 Å². The second kappa shape index (κ2) is 10.3. The number of ether oxygens (including phenoxy) is 3. The quantitative estimate of drug-likeness (QED) is 0.301. The summed E-state index contributed by atoms with van der Waals surface area (Å²) >= 11 is 1.18. The molecule has 0 aliphatic carbocycles. The Bertz CT molecular complexity index is 1360. The molecule has 34 heavy (non-hydrogen) atoms. The largest absolute Gasteiger partial charge is 0.493 e. The van der Waals surface area contributed by atoms with Crippen LogP contribution >= 0.6 is 11.8 Å². The number of nitrogens with zero attached hydrogens (tertiary/aromatic N) is 2. The topological polar surface area (TPSA) is 91.7 Å². The number of thioether (sulfide) groups is 1. The van der Waals surface area contributed by atoms with Crippen LogP contribution < -0.4 is 25.1 Å². The molecule has 3 aromatic carbocycles. The van der Waals surface area contributed by atoms with Gasteiger partial charge in [-0.1, -0.05) is 42.1 Å². The van der Waals surface area contributed by atoms with Gasteiger partial charge in [-0.15, -0.1) is 0 Å². The van der Waals surface area contributed by atoms with Gasteiger partial charge in [0.2, 0.25) is 11.7 Å². The summed E-state index contributed by atoms with van der Waals surface area (Å²) in [6.07, 6.45) is 0. The number of fused-ring (bicyclic) bond motifs is 1. The molecule has 0 radical (unpaired) electrons. The van der Waals surface area contributed by atoms with E-state index in [1.54, 1.807) is 30.3 Å². The molecule has 1 aromatic heterocycles. The van der Waals surface area contributed by atoms with Gasteiger partial charge in [-0.25, -0.2) is 4.98 Å². The first-order valence-electron chi connectivity index (χ1n) is 10.4. The van der Waals surface area contributed by atoms with Crippen molar-refractivity contribution in [1.29, 1.82) is 0 Å². The van der Waals surface area contributed by atoms with Gasteiger partial charge in [0.15, 0.2) is 16.7 Å². The summed E-state index contributed by atoms with van der Waals surface area (Å²) in [5.41, 5.74) is 1.56. The highest BCUT2D eigenvalue weighted by Gasteiger charge is 2.17. The number of benzene rings is 3. The van der Waals surface area contributed by atoms with Crippen LogP contribution in [-0.4, -0.2) is 42.5 Å². The highest BCUT2D eigenvalue weighted by Crippen LogP contribution is 2.40. The maximum atomic E-state index is 13.3. The van der Waals surface area contributed by atoms with E-state index in [9.17, 15) is 9.59 Å². The molecule has 1 heterocycles. The van der Waals surface area contributed by atoms with Crippen molar-refractivity contribution in [3.05, 3.63) is 77.1 Å². The van der Waals surface area contributed by atoms with E-state index < -0.39 is 0 Å². The first-order chi connectivity index (χ1) is 16.5. The molecule has 0 spiro atoms. The lowest BCUT2D eigenvalue weighted by molar-refractivity contribution is -0.113. The molecule has 0 aliphatic rings. The van der Waals surface area contributed by atoms with Gasteiger partial charge in [0.25, 0.3) is 5.56 Å². The average Bonchev–Trinajstić information content (AvgIpc) is 2.87. The molecule has 0 fully saturated rings. The van der Waals surface area contributed by atoms with Gasteiger partial charge in [0, 0.05) is 17.8 Å². The Labute approximate surface area is 200 Å². The van der Waals surface area contributed by atoms with Crippen LogP contribution in [0.3, 0.4) is 0 Å². The third-order valence-corrected chi connectivity index (χ3v) is 5.98. The molecule has 9 heteroatoms. The second-order valence-electron chi connectivity index (χ2n) is 7.14. The van der Waals surface area contributed by atoms with Crippen LogP contribution in [0.2, 0.25) is 0 Å². The minimum absolute atomic E-state index is 0.0360. The molecule has 174 valence electrons. The van der Waals surface area contributed by atoms with Crippen LogP contribution in [-0.2, 0) is 4.79 Å². The molecule has 0 saturated heterocycles. The molecule has 0 saturated carbocycles. The fraction of sp³-hybridized carbons (Fsp3) is 0.160. The van der Waals surface area contributed by atoms with Crippen LogP contribution in [0.4, 0.5) is 5.69 Å². The van der Waals surface area contributed by atoms with Gasteiger partial charge in [0.05, 0.1) is 43.7 Å². The predicted molar refractivity (Wildman–Crippen MR) is 133 cm³/mol. The van der Waals surface area contributed by atoms with Gasteiger partial charge < -0.3 is 19.5 Å². The van der Waals surface area contributed by atoms with Crippen molar-refractivity contribution in [2.45, 2.75) is 5.16 Å². The summed E-state index contributed by atoms with van der Waals surface area (Å²) in [6.45, 7) is 0.